The van der Waals surface area contributed by atoms with E-state index < -0.39 is 24.3 Å². The molecule has 1 aliphatic heterocycles. The first-order chi connectivity index (χ1) is 13.3. The molecule has 0 saturated carbocycles. The smallest absolute Gasteiger partial charge is 0.340 e. The number of halogens is 3. The average Bonchev–Trinajstić information content (AvgIpc) is 3.25. The Morgan fingerprint density at radius 3 is 2.75 bits per heavy atom. The summed E-state index contributed by atoms with van der Waals surface area (Å²) in [5.41, 5.74) is -0.289. The van der Waals surface area contributed by atoms with Gasteiger partial charge in [0.05, 0.1) is 23.5 Å². The zero-order chi connectivity index (χ0) is 19.9. The lowest BCUT2D eigenvalue weighted by Gasteiger charge is -2.26. The lowest BCUT2D eigenvalue weighted by atomic mass is 10.1. The summed E-state index contributed by atoms with van der Waals surface area (Å²) >= 11 is 0. The zero-order valence-electron chi connectivity index (χ0n) is 15.1. The van der Waals surface area contributed by atoms with E-state index in [1.165, 1.54) is 6.07 Å². The van der Waals surface area contributed by atoms with E-state index in [9.17, 15) is 18.0 Å². The van der Waals surface area contributed by atoms with E-state index in [1.54, 1.807) is 25.1 Å². The van der Waals surface area contributed by atoms with Crippen LogP contribution in [0.4, 0.5) is 13.2 Å². The van der Waals surface area contributed by atoms with Crippen molar-refractivity contribution in [2.24, 2.45) is 0 Å². The molecular formula is C18H18F3N5O2. The molecule has 2 aromatic heterocycles. The van der Waals surface area contributed by atoms with Crippen molar-refractivity contribution < 1.29 is 17.7 Å². The van der Waals surface area contributed by atoms with Crippen molar-refractivity contribution in [3.63, 3.8) is 0 Å². The summed E-state index contributed by atoms with van der Waals surface area (Å²) in [6, 6.07) is 6.03. The molecule has 0 aliphatic carbocycles. The van der Waals surface area contributed by atoms with Gasteiger partial charge in [0.2, 0.25) is 5.89 Å². The number of hydrogen-bond donors (Lipinski definition) is 0. The summed E-state index contributed by atoms with van der Waals surface area (Å²) in [5.74, 6) is 0.997. The lowest BCUT2D eigenvalue weighted by Crippen LogP contribution is -2.35. The van der Waals surface area contributed by atoms with Gasteiger partial charge >= 0.3 is 6.18 Å². The Bertz CT molecular complexity index is 1060. The maximum absolute atomic E-state index is 13.2. The molecule has 10 heteroatoms. The number of benzene rings is 1. The predicted molar refractivity (Wildman–Crippen MR) is 93.5 cm³/mol. The van der Waals surface area contributed by atoms with E-state index in [2.05, 4.69) is 15.1 Å². The van der Waals surface area contributed by atoms with Crippen LogP contribution in [0.1, 0.15) is 36.4 Å². The van der Waals surface area contributed by atoms with Gasteiger partial charge in [-0.15, -0.1) is 0 Å². The first kappa shape index (κ1) is 18.6. The van der Waals surface area contributed by atoms with Gasteiger partial charge in [0.25, 0.3) is 5.56 Å². The molecule has 28 heavy (non-hydrogen) atoms. The van der Waals surface area contributed by atoms with Gasteiger partial charge < -0.3 is 4.52 Å². The van der Waals surface area contributed by atoms with Crippen LogP contribution in [-0.4, -0.2) is 37.3 Å². The molecule has 1 atom stereocenters. The van der Waals surface area contributed by atoms with Gasteiger partial charge in [-0.3, -0.25) is 14.3 Å². The quantitative estimate of drug-likeness (QED) is 0.678. The van der Waals surface area contributed by atoms with Gasteiger partial charge in [0.1, 0.15) is 12.4 Å². The van der Waals surface area contributed by atoms with Gasteiger partial charge in [-0.25, -0.2) is 4.98 Å². The molecule has 148 valence electrons. The van der Waals surface area contributed by atoms with E-state index in [0.717, 1.165) is 11.0 Å². The fourth-order valence-electron chi connectivity index (χ4n) is 3.67. The molecule has 1 unspecified atom stereocenters. The molecule has 0 N–H and O–H groups in total. The molecule has 1 aromatic carbocycles. The second-order valence-electron chi connectivity index (χ2n) is 6.85. The third-order valence-corrected chi connectivity index (χ3v) is 4.80. The molecule has 3 aromatic rings. The molecule has 7 nitrogen and oxygen atoms in total. The highest BCUT2D eigenvalue weighted by Crippen LogP contribution is 2.33. The molecule has 1 saturated heterocycles. The first-order valence-corrected chi connectivity index (χ1v) is 8.91. The van der Waals surface area contributed by atoms with Crippen LogP contribution < -0.4 is 5.56 Å². The van der Waals surface area contributed by atoms with E-state index >= 15 is 0 Å². The molecule has 4 rings (SSSR count). The maximum atomic E-state index is 13.2. The van der Waals surface area contributed by atoms with Crippen LogP contribution in [-0.2, 0) is 13.1 Å². The van der Waals surface area contributed by atoms with Crippen molar-refractivity contribution in [3.8, 4) is 0 Å². The summed E-state index contributed by atoms with van der Waals surface area (Å²) < 4.78 is 45.3. The van der Waals surface area contributed by atoms with Crippen LogP contribution in [0.3, 0.4) is 0 Å². The van der Waals surface area contributed by atoms with E-state index in [4.69, 9.17) is 4.52 Å². The van der Waals surface area contributed by atoms with Crippen molar-refractivity contribution in [1.82, 2.24) is 24.6 Å². The molecule has 1 fully saturated rings. The highest BCUT2D eigenvalue weighted by Gasteiger charge is 2.35. The van der Waals surface area contributed by atoms with Gasteiger partial charge in [0.15, 0.2) is 5.82 Å². The Morgan fingerprint density at radius 2 is 2.04 bits per heavy atom. The predicted octanol–water partition coefficient (Wildman–Crippen LogP) is 2.99. The third-order valence-electron chi connectivity index (χ3n) is 4.80. The van der Waals surface area contributed by atoms with Gasteiger partial charge in [-0.2, -0.15) is 18.2 Å². The average molecular weight is 393 g/mol. The van der Waals surface area contributed by atoms with Crippen LogP contribution >= 0.6 is 0 Å². The Kier molecular flexibility index (Phi) is 4.66. The van der Waals surface area contributed by atoms with Crippen LogP contribution in [0.2, 0.25) is 0 Å². The Morgan fingerprint density at radius 1 is 1.25 bits per heavy atom. The van der Waals surface area contributed by atoms with Crippen LogP contribution in [0.5, 0.6) is 0 Å². The van der Waals surface area contributed by atoms with Crippen LogP contribution in [0.25, 0.3) is 10.9 Å². The summed E-state index contributed by atoms with van der Waals surface area (Å²) in [6.45, 7) is 1.26. The minimum atomic E-state index is -4.53. The second-order valence-corrected chi connectivity index (χ2v) is 6.85. The summed E-state index contributed by atoms with van der Waals surface area (Å²) in [6.07, 6.45) is -3.16. The topological polar surface area (TPSA) is 77.1 Å². The monoisotopic (exact) mass is 393 g/mol. The highest BCUT2D eigenvalue weighted by molar-refractivity contribution is 5.77. The summed E-state index contributed by atoms with van der Waals surface area (Å²) in [7, 11) is 0. The SMILES string of the molecule is Cc1nc(CN2CCCC2c2nc3ccccc3c(=O)n2CC(F)(F)F)no1. The number of likely N-dealkylation sites (tertiary alicyclic amines) is 1. The van der Waals surface area contributed by atoms with Crippen LogP contribution in [0.15, 0.2) is 33.6 Å². The minimum Gasteiger partial charge on any atom is -0.340 e. The van der Waals surface area contributed by atoms with E-state index in [1.807, 2.05) is 4.90 Å². The normalized spacial score (nSPS) is 18.2. The Hall–Kier alpha value is -2.75. The van der Waals surface area contributed by atoms with Crippen molar-refractivity contribution in [2.45, 2.75) is 45.1 Å². The van der Waals surface area contributed by atoms with Gasteiger partial charge in [-0.05, 0) is 31.5 Å². The number of nitrogens with zero attached hydrogens (tertiary/aromatic N) is 5. The van der Waals surface area contributed by atoms with E-state index in [-0.39, 0.29) is 11.2 Å². The molecule has 3 heterocycles. The maximum Gasteiger partial charge on any atom is 0.406 e. The standard InChI is InChI=1S/C18H18F3N5O2/c1-11-22-15(24-28-11)9-25-8-4-7-14(25)16-23-13-6-3-2-5-12(13)17(27)26(16)10-18(19,20)21/h2-3,5-6,14H,4,7-10H2,1H3. The number of alkyl halides is 3. The van der Waals surface area contributed by atoms with Crippen LogP contribution in [0, 0.1) is 6.92 Å². The van der Waals surface area contributed by atoms with Gasteiger partial charge in [-0.1, -0.05) is 17.3 Å². The Balaban J connectivity index is 1.79. The largest absolute Gasteiger partial charge is 0.406 e. The fraction of sp³-hybridized carbons (Fsp3) is 0.444. The number of para-hydroxylation sites is 1. The fourth-order valence-corrected chi connectivity index (χ4v) is 3.67. The molecule has 0 spiro atoms. The lowest BCUT2D eigenvalue weighted by molar-refractivity contribution is -0.142. The zero-order valence-corrected chi connectivity index (χ0v) is 15.1. The number of rotatable bonds is 4. The number of aryl methyl sites for hydroxylation is 1. The second kappa shape index (κ2) is 7.01. The summed E-state index contributed by atoms with van der Waals surface area (Å²) in [4.78, 5) is 23.4. The third kappa shape index (κ3) is 3.64. The Labute approximate surface area is 157 Å². The molecule has 1 aliphatic rings. The molecule has 0 bridgehead atoms. The first-order valence-electron chi connectivity index (χ1n) is 8.91. The van der Waals surface area contributed by atoms with Crippen molar-refractivity contribution >= 4 is 10.9 Å². The summed E-state index contributed by atoms with van der Waals surface area (Å²) in [5, 5.41) is 4.03. The number of hydrogen-bond acceptors (Lipinski definition) is 6. The molecular weight excluding hydrogens is 375 g/mol. The van der Waals surface area contributed by atoms with Crippen molar-refractivity contribution in [1.29, 1.82) is 0 Å². The number of fused-ring (bicyclic) bond motifs is 1. The minimum absolute atomic E-state index is 0.124. The number of aromatic nitrogens is 4. The van der Waals surface area contributed by atoms with Crippen molar-refractivity contribution in [2.75, 3.05) is 6.54 Å². The van der Waals surface area contributed by atoms with E-state index in [0.29, 0.717) is 36.7 Å². The highest BCUT2D eigenvalue weighted by atomic mass is 19.4. The molecule has 0 amide bonds. The van der Waals surface area contributed by atoms with Crippen molar-refractivity contribution in [3.05, 3.63) is 52.2 Å². The molecule has 0 radical (unpaired) electrons. The van der Waals surface area contributed by atoms with Gasteiger partial charge in [0, 0.05) is 6.92 Å².